The predicted molar refractivity (Wildman–Crippen MR) is 98.8 cm³/mol. The first-order valence-electron chi connectivity index (χ1n) is 8.52. The molecule has 0 saturated carbocycles. The number of benzene rings is 2. The number of carbonyl (C=O) groups is 1. The van der Waals surface area contributed by atoms with Crippen molar-refractivity contribution in [2.24, 2.45) is 5.92 Å². The van der Waals surface area contributed by atoms with Crippen LogP contribution < -0.4 is 14.8 Å². The van der Waals surface area contributed by atoms with Crippen LogP contribution in [0.25, 0.3) is 0 Å². The van der Waals surface area contributed by atoms with Gasteiger partial charge >= 0.3 is 0 Å². The Balaban J connectivity index is 1.70. The number of hydrogen-bond acceptors (Lipinski definition) is 4. The van der Waals surface area contributed by atoms with E-state index in [9.17, 15) is 13.2 Å². The van der Waals surface area contributed by atoms with Crippen molar-refractivity contribution in [2.75, 3.05) is 20.2 Å². The number of rotatable bonds is 5. The molecule has 0 bridgehead atoms. The van der Waals surface area contributed by atoms with Gasteiger partial charge in [-0.2, -0.15) is 0 Å². The molecule has 0 radical (unpaired) electrons. The molecule has 26 heavy (non-hydrogen) atoms. The number of sulfonamides is 1. The largest absolute Gasteiger partial charge is 0.493 e. The first-order valence-corrected chi connectivity index (χ1v) is 10.0. The van der Waals surface area contributed by atoms with Gasteiger partial charge in [0.1, 0.15) is 5.75 Å². The number of nitrogens with one attached hydrogen (secondary N) is 2. The lowest BCUT2D eigenvalue weighted by atomic mass is 9.97. The highest BCUT2D eigenvalue weighted by Crippen LogP contribution is 2.26. The molecule has 0 saturated heterocycles. The number of amides is 1. The van der Waals surface area contributed by atoms with Crippen LogP contribution in [0, 0.1) is 5.92 Å². The number of para-hydroxylation sites is 1. The molecule has 138 valence electrons. The van der Waals surface area contributed by atoms with Crippen LogP contribution in [0.15, 0.2) is 53.4 Å². The van der Waals surface area contributed by atoms with Crippen LogP contribution in [0.4, 0.5) is 0 Å². The molecule has 1 aliphatic rings. The lowest BCUT2D eigenvalue weighted by molar-refractivity contribution is 0.0963. The quantitative estimate of drug-likeness (QED) is 0.838. The Morgan fingerprint density at radius 3 is 2.81 bits per heavy atom. The molecule has 7 heteroatoms. The molecule has 6 nitrogen and oxygen atoms in total. The van der Waals surface area contributed by atoms with Gasteiger partial charge in [0.05, 0.1) is 11.5 Å². The van der Waals surface area contributed by atoms with Gasteiger partial charge in [-0.05, 0) is 48.6 Å². The van der Waals surface area contributed by atoms with E-state index in [1.54, 1.807) is 12.1 Å². The Morgan fingerprint density at radius 2 is 2.00 bits per heavy atom. The Morgan fingerprint density at radius 1 is 1.19 bits per heavy atom. The third kappa shape index (κ3) is 4.23. The van der Waals surface area contributed by atoms with Crippen LogP contribution >= 0.6 is 0 Å². The summed E-state index contributed by atoms with van der Waals surface area (Å²) < 4.78 is 33.6. The van der Waals surface area contributed by atoms with Gasteiger partial charge in [0.2, 0.25) is 10.0 Å². The minimum atomic E-state index is -3.68. The molecule has 2 N–H and O–H groups in total. The molecule has 2 aromatic rings. The topological polar surface area (TPSA) is 84.5 Å². The molecular formula is C19H22N2O4S. The van der Waals surface area contributed by atoms with Gasteiger partial charge in [-0.1, -0.05) is 24.3 Å². The fourth-order valence-electron chi connectivity index (χ4n) is 3.00. The van der Waals surface area contributed by atoms with Crippen LogP contribution in [-0.4, -0.2) is 34.5 Å². The Hall–Kier alpha value is -2.38. The van der Waals surface area contributed by atoms with E-state index in [1.165, 1.54) is 19.2 Å². The van der Waals surface area contributed by atoms with Gasteiger partial charge in [0, 0.05) is 19.2 Å². The lowest BCUT2D eigenvalue weighted by Crippen LogP contribution is -2.31. The summed E-state index contributed by atoms with van der Waals surface area (Å²) in [5, 5.41) is 2.49. The van der Waals surface area contributed by atoms with E-state index in [4.69, 9.17) is 4.74 Å². The molecule has 1 atom stereocenters. The molecule has 0 unspecified atom stereocenters. The standard InChI is InChI=1S/C19H22N2O4S/c1-20-19(22)16-6-4-7-17(12-16)26(23,24)21-13-14-9-10-25-18-8-3-2-5-15(18)11-14/h2-8,12,14,21H,9-11,13H2,1H3,(H,20,22)/t14-/m1/s1. The summed E-state index contributed by atoms with van der Waals surface area (Å²) in [4.78, 5) is 11.8. The summed E-state index contributed by atoms with van der Waals surface area (Å²) >= 11 is 0. The minimum Gasteiger partial charge on any atom is -0.493 e. The first-order chi connectivity index (χ1) is 12.5. The molecular weight excluding hydrogens is 352 g/mol. The molecule has 0 fully saturated rings. The van der Waals surface area contributed by atoms with Gasteiger partial charge in [-0.3, -0.25) is 4.79 Å². The van der Waals surface area contributed by atoms with Crippen LogP contribution in [0.1, 0.15) is 22.3 Å². The van der Waals surface area contributed by atoms with Crippen molar-refractivity contribution in [3.8, 4) is 5.75 Å². The lowest BCUT2D eigenvalue weighted by Gasteiger charge is -2.15. The van der Waals surface area contributed by atoms with E-state index in [0.29, 0.717) is 18.7 Å². The average molecular weight is 374 g/mol. The van der Waals surface area contributed by atoms with E-state index in [0.717, 1.165) is 24.2 Å². The summed E-state index contributed by atoms with van der Waals surface area (Å²) in [5.41, 5.74) is 1.41. The maximum Gasteiger partial charge on any atom is 0.251 e. The van der Waals surface area contributed by atoms with Gasteiger partial charge in [0.15, 0.2) is 0 Å². The summed E-state index contributed by atoms with van der Waals surface area (Å²) in [6.07, 6.45) is 1.53. The second-order valence-electron chi connectivity index (χ2n) is 6.27. The fraction of sp³-hybridized carbons (Fsp3) is 0.316. The summed E-state index contributed by atoms with van der Waals surface area (Å²) in [6.45, 7) is 0.889. The Kier molecular flexibility index (Phi) is 5.58. The number of ether oxygens (including phenoxy) is 1. The number of carbonyl (C=O) groups excluding carboxylic acids is 1. The predicted octanol–water partition coefficient (Wildman–Crippen LogP) is 1.97. The molecule has 3 rings (SSSR count). The zero-order chi connectivity index (χ0) is 18.6. The fourth-order valence-corrected chi connectivity index (χ4v) is 4.16. The zero-order valence-corrected chi connectivity index (χ0v) is 15.4. The second kappa shape index (κ2) is 7.88. The van der Waals surface area contributed by atoms with E-state index in [1.807, 2.05) is 24.3 Å². The molecule has 1 amide bonds. The molecule has 0 spiro atoms. The summed E-state index contributed by atoms with van der Waals surface area (Å²) in [5.74, 6) is 0.700. The van der Waals surface area contributed by atoms with Crippen molar-refractivity contribution in [1.29, 1.82) is 0 Å². The summed E-state index contributed by atoms with van der Waals surface area (Å²) in [6, 6.07) is 13.8. The smallest absolute Gasteiger partial charge is 0.251 e. The Bertz CT molecular complexity index is 896. The van der Waals surface area contributed by atoms with Gasteiger partial charge in [-0.25, -0.2) is 13.1 Å². The van der Waals surface area contributed by atoms with Gasteiger partial charge < -0.3 is 10.1 Å². The van der Waals surface area contributed by atoms with E-state index < -0.39 is 10.0 Å². The van der Waals surface area contributed by atoms with Crippen molar-refractivity contribution in [3.63, 3.8) is 0 Å². The van der Waals surface area contributed by atoms with Gasteiger partial charge in [-0.15, -0.1) is 0 Å². The molecule has 2 aromatic carbocycles. The van der Waals surface area contributed by atoms with E-state index in [-0.39, 0.29) is 16.7 Å². The van der Waals surface area contributed by atoms with Crippen molar-refractivity contribution in [3.05, 3.63) is 59.7 Å². The highest BCUT2D eigenvalue weighted by Gasteiger charge is 2.21. The summed E-state index contributed by atoms with van der Waals surface area (Å²) in [7, 11) is -2.18. The monoisotopic (exact) mass is 374 g/mol. The van der Waals surface area contributed by atoms with Crippen LogP contribution in [-0.2, 0) is 16.4 Å². The number of fused-ring (bicyclic) bond motifs is 1. The van der Waals surface area contributed by atoms with Crippen molar-refractivity contribution >= 4 is 15.9 Å². The Labute approximate surface area is 153 Å². The number of hydrogen-bond donors (Lipinski definition) is 2. The molecule has 0 aromatic heterocycles. The second-order valence-corrected chi connectivity index (χ2v) is 8.04. The van der Waals surface area contributed by atoms with Crippen molar-refractivity contribution < 1.29 is 17.9 Å². The zero-order valence-electron chi connectivity index (χ0n) is 14.6. The normalized spacial score (nSPS) is 16.9. The van der Waals surface area contributed by atoms with Gasteiger partial charge in [0.25, 0.3) is 5.91 Å². The van der Waals surface area contributed by atoms with Crippen molar-refractivity contribution in [1.82, 2.24) is 10.0 Å². The van der Waals surface area contributed by atoms with E-state index >= 15 is 0 Å². The third-order valence-corrected chi connectivity index (χ3v) is 5.88. The molecule has 1 aliphatic heterocycles. The molecule has 0 aliphatic carbocycles. The van der Waals surface area contributed by atoms with Crippen molar-refractivity contribution in [2.45, 2.75) is 17.7 Å². The highest BCUT2D eigenvalue weighted by molar-refractivity contribution is 7.89. The van der Waals surface area contributed by atoms with Crippen LogP contribution in [0.5, 0.6) is 5.75 Å². The first kappa shape index (κ1) is 18.4. The SMILES string of the molecule is CNC(=O)c1cccc(S(=O)(=O)NC[C@@H]2CCOc3ccccc3C2)c1. The van der Waals surface area contributed by atoms with Crippen LogP contribution in [0.2, 0.25) is 0 Å². The average Bonchev–Trinajstić information content (AvgIpc) is 2.88. The minimum absolute atomic E-state index is 0.0869. The highest BCUT2D eigenvalue weighted by atomic mass is 32.2. The van der Waals surface area contributed by atoms with E-state index in [2.05, 4.69) is 10.0 Å². The van der Waals surface area contributed by atoms with Crippen LogP contribution in [0.3, 0.4) is 0 Å². The maximum absolute atomic E-state index is 12.6. The third-order valence-electron chi connectivity index (χ3n) is 4.46. The molecule has 1 heterocycles. The maximum atomic E-state index is 12.6.